The minimum Gasteiger partial charge on any atom is -0.493 e. The minimum absolute atomic E-state index is 0.0942. The molecule has 0 unspecified atom stereocenters. The van der Waals surface area contributed by atoms with Crippen LogP contribution in [-0.2, 0) is 6.42 Å². The number of hydrogen-bond acceptors (Lipinski definition) is 4. The standard InChI is InChI=1S/C24H25ClN2O2/c1-28-22-13-17-12-20(15-26-19-10-8-18(25)9-11-19)27-24(16-6-4-3-5-7-16)21(17)14-23(22)29-2/h3-11,13-14,20,24,26-27H,12,15H2,1-2H3/t20-,24-/m0/s1. The first-order chi connectivity index (χ1) is 14.2. The molecule has 3 aromatic rings. The molecule has 150 valence electrons. The highest BCUT2D eigenvalue weighted by Gasteiger charge is 2.29. The molecule has 0 saturated heterocycles. The van der Waals surface area contributed by atoms with Crippen molar-refractivity contribution in [2.45, 2.75) is 18.5 Å². The summed E-state index contributed by atoms with van der Waals surface area (Å²) in [6, 6.07) is 22.9. The average Bonchev–Trinajstić information content (AvgIpc) is 2.77. The lowest BCUT2D eigenvalue weighted by Gasteiger charge is -2.34. The van der Waals surface area contributed by atoms with Gasteiger partial charge in [-0.1, -0.05) is 41.9 Å². The molecule has 2 N–H and O–H groups in total. The average molecular weight is 409 g/mol. The van der Waals surface area contributed by atoms with Crippen molar-refractivity contribution in [2.75, 3.05) is 26.1 Å². The third kappa shape index (κ3) is 4.34. The van der Waals surface area contributed by atoms with E-state index in [0.29, 0.717) is 0 Å². The van der Waals surface area contributed by atoms with E-state index in [9.17, 15) is 0 Å². The van der Waals surface area contributed by atoms with Gasteiger partial charge in [0.25, 0.3) is 0 Å². The quantitative estimate of drug-likeness (QED) is 0.597. The molecule has 3 aromatic carbocycles. The first-order valence-electron chi connectivity index (χ1n) is 9.73. The molecule has 0 amide bonds. The zero-order valence-corrected chi connectivity index (χ0v) is 17.4. The number of rotatable bonds is 6. The number of fused-ring (bicyclic) bond motifs is 1. The monoisotopic (exact) mass is 408 g/mol. The van der Waals surface area contributed by atoms with Gasteiger partial charge in [-0.3, -0.25) is 0 Å². The second kappa shape index (κ2) is 8.76. The Bertz CT molecular complexity index is 961. The van der Waals surface area contributed by atoms with Crippen LogP contribution in [-0.4, -0.2) is 26.8 Å². The van der Waals surface area contributed by atoms with Crippen LogP contribution in [0.5, 0.6) is 11.5 Å². The smallest absolute Gasteiger partial charge is 0.161 e. The fourth-order valence-electron chi connectivity index (χ4n) is 3.89. The van der Waals surface area contributed by atoms with Crippen molar-refractivity contribution in [3.05, 3.63) is 88.4 Å². The van der Waals surface area contributed by atoms with E-state index in [-0.39, 0.29) is 12.1 Å². The number of ether oxygens (including phenoxy) is 2. The van der Waals surface area contributed by atoms with Crippen LogP contribution >= 0.6 is 11.6 Å². The van der Waals surface area contributed by atoms with Gasteiger partial charge in [0.05, 0.1) is 20.3 Å². The predicted octanol–water partition coefficient (Wildman–Crippen LogP) is 5.07. The van der Waals surface area contributed by atoms with Gasteiger partial charge < -0.3 is 20.1 Å². The number of anilines is 1. The highest BCUT2D eigenvalue weighted by molar-refractivity contribution is 6.30. The van der Waals surface area contributed by atoms with Gasteiger partial charge in [-0.15, -0.1) is 0 Å². The van der Waals surface area contributed by atoms with E-state index in [0.717, 1.165) is 35.2 Å². The summed E-state index contributed by atoms with van der Waals surface area (Å²) in [5, 5.41) is 8.07. The lowest BCUT2D eigenvalue weighted by Crippen LogP contribution is -2.44. The summed E-state index contributed by atoms with van der Waals surface area (Å²) in [7, 11) is 3.36. The van der Waals surface area contributed by atoms with Crippen LogP contribution in [0, 0.1) is 0 Å². The second-order valence-electron chi connectivity index (χ2n) is 7.21. The van der Waals surface area contributed by atoms with Crippen molar-refractivity contribution >= 4 is 17.3 Å². The van der Waals surface area contributed by atoms with Crippen LogP contribution in [0.2, 0.25) is 5.02 Å². The van der Waals surface area contributed by atoms with Gasteiger partial charge in [-0.25, -0.2) is 0 Å². The van der Waals surface area contributed by atoms with E-state index in [1.54, 1.807) is 14.2 Å². The van der Waals surface area contributed by atoms with E-state index in [4.69, 9.17) is 21.1 Å². The van der Waals surface area contributed by atoms with E-state index in [1.165, 1.54) is 16.7 Å². The number of hydrogen-bond donors (Lipinski definition) is 2. The van der Waals surface area contributed by atoms with Gasteiger partial charge in [0.2, 0.25) is 0 Å². The SMILES string of the molecule is COc1cc2c(cc1OC)[C@H](c1ccccc1)N[C@H](CNc1ccc(Cl)cc1)C2. The van der Waals surface area contributed by atoms with Crippen LogP contribution in [0.3, 0.4) is 0 Å². The van der Waals surface area contributed by atoms with Crippen molar-refractivity contribution in [3.8, 4) is 11.5 Å². The van der Waals surface area contributed by atoms with Crippen LogP contribution in [0.1, 0.15) is 22.7 Å². The molecule has 5 heteroatoms. The minimum atomic E-state index is 0.0942. The van der Waals surface area contributed by atoms with Gasteiger partial charge >= 0.3 is 0 Å². The maximum Gasteiger partial charge on any atom is 0.161 e. The zero-order valence-electron chi connectivity index (χ0n) is 16.6. The molecular formula is C24H25ClN2O2. The Balaban J connectivity index is 1.63. The molecule has 1 heterocycles. The van der Waals surface area contributed by atoms with Crippen LogP contribution < -0.4 is 20.1 Å². The molecule has 1 aliphatic rings. The Morgan fingerprint density at radius 2 is 1.66 bits per heavy atom. The van der Waals surface area contributed by atoms with E-state index in [1.807, 2.05) is 30.3 Å². The number of benzene rings is 3. The molecule has 1 aliphatic heterocycles. The molecule has 0 saturated carbocycles. The molecule has 0 radical (unpaired) electrons. The van der Waals surface area contributed by atoms with Crippen LogP contribution in [0.25, 0.3) is 0 Å². The number of nitrogens with one attached hydrogen (secondary N) is 2. The highest BCUT2D eigenvalue weighted by atomic mass is 35.5. The Hall–Kier alpha value is -2.69. The Morgan fingerprint density at radius 1 is 0.966 bits per heavy atom. The summed E-state index contributed by atoms with van der Waals surface area (Å²) in [5.74, 6) is 1.52. The Labute approximate surface area is 176 Å². The first-order valence-corrected chi connectivity index (χ1v) is 10.1. The molecule has 29 heavy (non-hydrogen) atoms. The normalized spacial score (nSPS) is 18.0. The van der Waals surface area contributed by atoms with Crippen molar-refractivity contribution < 1.29 is 9.47 Å². The van der Waals surface area contributed by atoms with Gasteiger partial charge in [0.1, 0.15) is 0 Å². The van der Waals surface area contributed by atoms with Gasteiger partial charge in [-0.2, -0.15) is 0 Å². The molecule has 4 rings (SSSR count). The molecule has 4 nitrogen and oxygen atoms in total. The predicted molar refractivity (Wildman–Crippen MR) is 118 cm³/mol. The molecule has 0 aromatic heterocycles. The van der Waals surface area contributed by atoms with Crippen molar-refractivity contribution in [1.29, 1.82) is 0 Å². The van der Waals surface area contributed by atoms with Gasteiger partial charge in [0.15, 0.2) is 11.5 Å². The molecular weight excluding hydrogens is 384 g/mol. The van der Waals surface area contributed by atoms with Crippen LogP contribution in [0.15, 0.2) is 66.7 Å². The van der Waals surface area contributed by atoms with E-state index >= 15 is 0 Å². The maximum atomic E-state index is 5.99. The maximum absolute atomic E-state index is 5.99. The van der Waals surface area contributed by atoms with E-state index in [2.05, 4.69) is 47.0 Å². The third-order valence-electron chi connectivity index (χ3n) is 5.35. The van der Waals surface area contributed by atoms with Crippen LogP contribution in [0.4, 0.5) is 5.69 Å². The topological polar surface area (TPSA) is 42.5 Å². The second-order valence-corrected chi connectivity index (χ2v) is 7.64. The summed E-state index contributed by atoms with van der Waals surface area (Å²) >= 11 is 5.99. The summed E-state index contributed by atoms with van der Waals surface area (Å²) in [6.45, 7) is 0.804. The molecule has 0 fully saturated rings. The lowest BCUT2D eigenvalue weighted by atomic mass is 9.86. The number of halogens is 1. The molecule has 0 bridgehead atoms. The summed E-state index contributed by atoms with van der Waals surface area (Å²) in [5.41, 5.74) is 4.80. The Morgan fingerprint density at radius 3 is 2.34 bits per heavy atom. The largest absolute Gasteiger partial charge is 0.493 e. The summed E-state index contributed by atoms with van der Waals surface area (Å²) < 4.78 is 11.1. The first kappa shape index (κ1) is 19.6. The lowest BCUT2D eigenvalue weighted by molar-refractivity contribution is 0.351. The van der Waals surface area contributed by atoms with Gasteiger partial charge in [0, 0.05) is 23.3 Å². The highest BCUT2D eigenvalue weighted by Crippen LogP contribution is 2.38. The molecule has 0 spiro atoms. The van der Waals surface area contributed by atoms with Crippen molar-refractivity contribution in [3.63, 3.8) is 0 Å². The molecule has 0 aliphatic carbocycles. The summed E-state index contributed by atoms with van der Waals surface area (Å²) in [4.78, 5) is 0. The zero-order chi connectivity index (χ0) is 20.2. The van der Waals surface area contributed by atoms with Gasteiger partial charge in [-0.05, 0) is 59.5 Å². The van der Waals surface area contributed by atoms with Crippen molar-refractivity contribution in [1.82, 2.24) is 5.32 Å². The Kier molecular flexibility index (Phi) is 5.93. The fraction of sp³-hybridized carbons (Fsp3) is 0.250. The number of methoxy groups -OCH3 is 2. The molecule has 2 atom stereocenters. The summed E-state index contributed by atoms with van der Waals surface area (Å²) in [6.07, 6.45) is 0.902. The fourth-order valence-corrected chi connectivity index (χ4v) is 4.02. The third-order valence-corrected chi connectivity index (χ3v) is 5.61. The van der Waals surface area contributed by atoms with E-state index < -0.39 is 0 Å². The van der Waals surface area contributed by atoms with Crippen molar-refractivity contribution in [2.24, 2.45) is 0 Å².